The van der Waals surface area contributed by atoms with Crippen LogP contribution in [0, 0.1) is 11.3 Å². The fourth-order valence-corrected chi connectivity index (χ4v) is 1.68. The molecule has 0 bridgehead atoms. The molecule has 0 aliphatic carbocycles. The first kappa shape index (κ1) is 10.3. The van der Waals surface area contributed by atoms with E-state index in [2.05, 4.69) is 20.8 Å². The molecule has 0 N–H and O–H groups in total. The zero-order chi connectivity index (χ0) is 9.19. The minimum absolute atomic E-state index is 0.299. The highest BCUT2D eigenvalue weighted by Crippen LogP contribution is 2.35. The molecule has 12 heavy (non-hydrogen) atoms. The lowest BCUT2D eigenvalue weighted by atomic mass is 9.77. The molecule has 1 rings (SSSR count). The monoisotopic (exact) mass is 190 g/mol. The maximum atomic E-state index is 5.97. The van der Waals surface area contributed by atoms with Crippen LogP contribution in [0.2, 0.25) is 0 Å². The van der Waals surface area contributed by atoms with Crippen LogP contribution in [0.3, 0.4) is 0 Å². The van der Waals surface area contributed by atoms with Gasteiger partial charge in [0.25, 0.3) is 0 Å². The predicted octanol–water partition coefficient (Wildman–Crippen LogP) is 3.07. The second-order valence-corrected chi connectivity index (χ2v) is 4.70. The Labute approximate surface area is 80.4 Å². The molecule has 0 spiro atoms. The third-order valence-corrected chi connectivity index (χ3v) is 3.75. The van der Waals surface area contributed by atoms with Crippen LogP contribution in [0.25, 0.3) is 0 Å². The number of halogens is 1. The van der Waals surface area contributed by atoms with Gasteiger partial charge in [0.05, 0.1) is 12.7 Å². The van der Waals surface area contributed by atoms with Crippen molar-refractivity contribution < 1.29 is 4.74 Å². The zero-order valence-corrected chi connectivity index (χ0v) is 9.03. The fourth-order valence-electron chi connectivity index (χ4n) is 1.24. The van der Waals surface area contributed by atoms with Crippen LogP contribution >= 0.6 is 11.6 Å². The lowest BCUT2D eigenvalue weighted by molar-refractivity contribution is 0.218. The van der Waals surface area contributed by atoms with Gasteiger partial charge in [-0.2, -0.15) is 0 Å². The third kappa shape index (κ3) is 2.63. The molecule has 1 saturated heterocycles. The van der Waals surface area contributed by atoms with Crippen LogP contribution in [0.15, 0.2) is 0 Å². The fraction of sp³-hybridized carbons (Fsp3) is 1.00. The molecule has 1 heterocycles. The van der Waals surface area contributed by atoms with Crippen molar-refractivity contribution in [3.63, 3.8) is 0 Å². The summed E-state index contributed by atoms with van der Waals surface area (Å²) in [5.41, 5.74) is 0.299. The van der Waals surface area contributed by atoms with E-state index in [9.17, 15) is 0 Å². The van der Waals surface area contributed by atoms with Crippen LogP contribution in [0.5, 0.6) is 0 Å². The first-order valence-corrected chi connectivity index (χ1v) is 5.29. The van der Waals surface area contributed by atoms with Crippen molar-refractivity contribution in [2.24, 2.45) is 11.3 Å². The maximum Gasteiger partial charge on any atom is 0.0810 e. The Morgan fingerprint density at radius 3 is 2.50 bits per heavy atom. The molecule has 1 aliphatic heterocycles. The minimum Gasteiger partial charge on any atom is -0.373 e. The lowest BCUT2D eigenvalue weighted by Crippen LogP contribution is -2.25. The van der Waals surface area contributed by atoms with Crippen LogP contribution in [0.1, 0.15) is 33.6 Å². The Morgan fingerprint density at radius 2 is 2.17 bits per heavy atom. The molecule has 72 valence electrons. The van der Waals surface area contributed by atoms with E-state index in [1.807, 2.05) is 0 Å². The van der Waals surface area contributed by atoms with Gasteiger partial charge in [-0.25, -0.2) is 0 Å². The van der Waals surface area contributed by atoms with Gasteiger partial charge < -0.3 is 4.74 Å². The Balaban J connectivity index is 2.30. The van der Waals surface area contributed by atoms with E-state index >= 15 is 0 Å². The second-order valence-electron chi connectivity index (χ2n) is 4.44. The molecule has 0 saturated carbocycles. The molecule has 1 aliphatic rings. The molecule has 1 nitrogen and oxygen atoms in total. The van der Waals surface area contributed by atoms with Crippen molar-refractivity contribution in [2.45, 2.75) is 39.7 Å². The van der Waals surface area contributed by atoms with E-state index in [4.69, 9.17) is 16.3 Å². The molecular weight excluding hydrogens is 172 g/mol. The van der Waals surface area contributed by atoms with Crippen LogP contribution in [-0.4, -0.2) is 18.6 Å². The van der Waals surface area contributed by atoms with E-state index in [-0.39, 0.29) is 0 Å². The number of alkyl halides is 1. The Bertz CT molecular complexity index is 143. The Hall–Kier alpha value is 0.250. The summed E-state index contributed by atoms with van der Waals surface area (Å²) >= 11 is 5.97. The highest BCUT2D eigenvalue weighted by molar-refractivity contribution is 6.18. The molecule has 1 fully saturated rings. The quantitative estimate of drug-likeness (QED) is 0.480. The van der Waals surface area contributed by atoms with Crippen molar-refractivity contribution in [1.82, 2.24) is 0 Å². The van der Waals surface area contributed by atoms with Crippen LogP contribution in [0.4, 0.5) is 0 Å². The van der Waals surface area contributed by atoms with E-state index in [0.29, 0.717) is 17.4 Å². The van der Waals surface area contributed by atoms with Gasteiger partial charge in [0.15, 0.2) is 0 Å². The first-order valence-electron chi connectivity index (χ1n) is 4.76. The van der Waals surface area contributed by atoms with Gasteiger partial charge in [-0.1, -0.05) is 20.8 Å². The second kappa shape index (κ2) is 3.97. The number of hydrogen-bond donors (Lipinski definition) is 0. The SMILES string of the molecule is CC(C)C(C)(CCl)CCC1CO1. The van der Waals surface area contributed by atoms with Gasteiger partial charge in [0, 0.05) is 5.88 Å². The number of hydrogen-bond acceptors (Lipinski definition) is 1. The average Bonchev–Trinajstić information content (AvgIpc) is 2.83. The van der Waals surface area contributed by atoms with E-state index < -0.39 is 0 Å². The molecule has 0 aromatic rings. The predicted molar refractivity (Wildman–Crippen MR) is 52.6 cm³/mol. The van der Waals surface area contributed by atoms with Gasteiger partial charge in [-0.3, -0.25) is 0 Å². The van der Waals surface area contributed by atoms with Crippen LogP contribution < -0.4 is 0 Å². The minimum atomic E-state index is 0.299. The molecule has 2 heteroatoms. The summed E-state index contributed by atoms with van der Waals surface area (Å²) in [6.45, 7) is 7.73. The zero-order valence-electron chi connectivity index (χ0n) is 8.27. The van der Waals surface area contributed by atoms with E-state index in [0.717, 1.165) is 12.5 Å². The highest BCUT2D eigenvalue weighted by Gasteiger charge is 2.31. The van der Waals surface area contributed by atoms with Crippen LogP contribution in [-0.2, 0) is 4.74 Å². The molecule has 0 aromatic heterocycles. The molecule has 0 amide bonds. The summed E-state index contributed by atoms with van der Waals surface area (Å²) < 4.78 is 5.19. The Kier molecular flexibility index (Phi) is 3.42. The van der Waals surface area contributed by atoms with Crippen molar-refractivity contribution >= 4 is 11.6 Å². The standard InChI is InChI=1S/C10H19ClO/c1-8(2)10(3,7-11)5-4-9-6-12-9/h8-9H,4-7H2,1-3H3. The Morgan fingerprint density at radius 1 is 1.58 bits per heavy atom. The van der Waals surface area contributed by atoms with Gasteiger partial charge in [-0.05, 0) is 24.2 Å². The molecule has 0 aromatic carbocycles. The third-order valence-electron chi connectivity index (χ3n) is 3.14. The van der Waals surface area contributed by atoms with Crippen molar-refractivity contribution in [2.75, 3.05) is 12.5 Å². The van der Waals surface area contributed by atoms with Gasteiger partial charge in [-0.15, -0.1) is 11.6 Å². The van der Waals surface area contributed by atoms with Crippen molar-refractivity contribution in [3.8, 4) is 0 Å². The number of epoxide rings is 1. The summed E-state index contributed by atoms with van der Waals surface area (Å²) in [5.74, 6) is 1.42. The summed E-state index contributed by atoms with van der Waals surface area (Å²) in [5, 5.41) is 0. The van der Waals surface area contributed by atoms with Crippen molar-refractivity contribution in [3.05, 3.63) is 0 Å². The number of ether oxygens (including phenoxy) is 1. The van der Waals surface area contributed by atoms with E-state index in [1.165, 1.54) is 12.8 Å². The number of rotatable bonds is 5. The topological polar surface area (TPSA) is 12.5 Å². The summed E-state index contributed by atoms with van der Waals surface area (Å²) in [7, 11) is 0. The summed E-state index contributed by atoms with van der Waals surface area (Å²) in [6, 6.07) is 0. The van der Waals surface area contributed by atoms with Crippen molar-refractivity contribution in [1.29, 1.82) is 0 Å². The molecule has 2 unspecified atom stereocenters. The van der Waals surface area contributed by atoms with Gasteiger partial charge in [0.1, 0.15) is 0 Å². The summed E-state index contributed by atoms with van der Waals surface area (Å²) in [6.07, 6.45) is 2.92. The maximum absolute atomic E-state index is 5.97. The lowest BCUT2D eigenvalue weighted by Gasteiger charge is -2.31. The van der Waals surface area contributed by atoms with Gasteiger partial charge >= 0.3 is 0 Å². The normalized spacial score (nSPS) is 27.2. The average molecular weight is 191 g/mol. The molecular formula is C10H19ClO. The summed E-state index contributed by atoms with van der Waals surface area (Å²) in [4.78, 5) is 0. The first-order chi connectivity index (χ1) is 5.58. The molecule has 2 atom stereocenters. The largest absolute Gasteiger partial charge is 0.373 e. The highest BCUT2D eigenvalue weighted by atomic mass is 35.5. The van der Waals surface area contributed by atoms with E-state index in [1.54, 1.807) is 0 Å². The molecule has 0 radical (unpaired) electrons. The smallest absolute Gasteiger partial charge is 0.0810 e. The van der Waals surface area contributed by atoms with Gasteiger partial charge in [0.2, 0.25) is 0 Å².